The SMILES string of the molecule is Clc1ccccc1[C@@H]1C=C(c2cccs2)Nc2ncnn21. The summed E-state index contributed by atoms with van der Waals surface area (Å²) in [5.74, 6) is 0.728. The Kier molecular flexibility index (Phi) is 3.02. The third-order valence-corrected chi connectivity index (χ3v) is 4.67. The highest BCUT2D eigenvalue weighted by molar-refractivity contribution is 7.11. The van der Waals surface area contributed by atoms with Crippen molar-refractivity contribution < 1.29 is 0 Å². The number of rotatable bonds is 2. The molecule has 1 aromatic carbocycles. The van der Waals surface area contributed by atoms with E-state index in [9.17, 15) is 0 Å². The Labute approximate surface area is 130 Å². The summed E-state index contributed by atoms with van der Waals surface area (Å²) in [6, 6.07) is 11.9. The van der Waals surface area contributed by atoms with Gasteiger partial charge in [0.2, 0.25) is 5.95 Å². The number of benzene rings is 1. The van der Waals surface area contributed by atoms with Crippen LogP contribution in [-0.2, 0) is 0 Å². The first-order chi connectivity index (χ1) is 10.3. The zero-order valence-electron chi connectivity index (χ0n) is 10.9. The molecule has 1 aliphatic heterocycles. The van der Waals surface area contributed by atoms with E-state index in [-0.39, 0.29) is 6.04 Å². The summed E-state index contributed by atoms with van der Waals surface area (Å²) in [5, 5.41) is 10.4. The van der Waals surface area contributed by atoms with Crippen LogP contribution in [-0.4, -0.2) is 14.8 Å². The number of hydrogen-bond acceptors (Lipinski definition) is 4. The van der Waals surface area contributed by atoms with Gasteiger partial charge in [-0.05, 0) is 29.2 Å². The molecule has 21 heavy (non-hydrogen) atoms. The molecule has 2 aromatic heterocycles. The molecule has 0 amide bonds. The molecule has 0 fully saturated rings. The average molecular weight is 315 g/mol. The molecule has 1 N–H and O–H groups in total. The van der Waals surface area contributed by atoms with E-state index in [0.717, 1.165) is 22.2 Å². The van der Waals surface area contributed by atoms with E-state index in [1.807, 2.05) is 35.0 Å². The highest BCUT2D eigenvalue weighted by Gasteiger charge is 2.24. The van der Waals surface area contributed by atoms with E-state index in [1.165, 1.54) is 4.88 Å². The molecule has 4 rings (SSSR count). The summed E-state index contributed by atoms with van der Waals surface area (Å²) in [5.41, 5.74) is 2.05. The van der Waals surface area contributed by atoms with Crippen LogP contribution in [0.1, 0.15) is 16.5 Å². The van der Waals surface area contributed by atoms with Crippen molar-refractivity contribution in [3.63, 3.8) is 0 Å². The van der Waals surface area contributed by atoms with Gasteiger partial charge in [0.05, 0.1) is 10.6 Å². The second-order valence-electron chi connectivity index (χ2n) is 4.68. The highest BCUT2D eigenvalue weighted by Crippen LogP contribution is 2.35. The lowest BCUT2D eigenvalue weighted by Gasteiger charge is -2.24. The fraction of sp³-hybridized carbons (Fsp3) is 0.0667. The minimum atomic E-state index is -0.0606. The van der Waals surface area contributed by atoms with Crippen LogP contribution >= 0.6 is 22.9 Å². The molecule has 0 radical (unpaired) electrons. The average Bonchev–Trinajstić information content (AvgIpc) is 3.18. The first-order valence-electron chi connectivity index (χ1n) is 6.49. The van der Waals surface area contributed by atoms with E-state index in [2.05, 4.69) is 32.9 Å². The maximum atomic E-state index is 6.36. The lowest BCUT2D eigenvalue weighted by atomic mass is 10.0. The minimum Gasteiger partial charge on any atom is -0.323 e. The number of hydrogen-bond donors (Lipinski definition) is 1. The van der Waals surface area contributed by atoms with E-state index >= 15 is 0 Å². The molecule has 0 saturated heterocycles. The molecule has 0 bridgehead atoms. The fourth-order valence-electron chi connectivity index (χ4n) is 2.45. The summed E-state index contributed by atoms with van der Waals surface area (Å²) in [6.45, 7) is 0. The second-order valence-corrected chi connectivity index (χ2v) is 6.03. The number of aromatic nitrogens is 3. The predicted octanol–water partition coefficient (Wildman–Crippen LogP) is 4.05. The number of thiophene rings is 1. The molecule has 3 aromatic rings. The molecule has 104 valence electrons. The molecule has 0 saturated carbocycles. The van der Waals surface area contributed by atoms with Gasteiger partial charge in [-0.1, -0.05) is 35.9 Å². The van der Waals surface area contributed by atoms with Crippen molar-refractivity contribution in [3.05, 3.63) is 69.6 Å². The van der Waals surface area contributed by atoms with E-state index in [1.54, 1.807) is 17.7 Å². The molecule has 0 aliphatic carbocycles. The monoisotopic (exact) mass is 314 g/mol. The molecule has 6 heteroatoms. The summed E-state index contributed by atoms with van der Waals surface area (Å²) in [6.07, 6.45) is 3.69. The van der Waals surface area contributed by atoms with Gasteiger partial charge >= 0.3 is 0 Å². The summed E-state index contributed by atoms with van der Waals surface area (Å²) < 4.78 is 1.85. The van der Waals surface area contributed by atoms with Gasteiger partial charge in [-0.25, -0.2) is 4.68 Å². The zero-order chi connectivity index (χ0) is 14.2. The Hall–Kier alpha value is -2.11. The first kappa shape index (κ1) is 12.6. The number of allylic oxidation sites excluding steroid dienone is 1. The minimum absolute atomic E-state index is 0.0606. The smallest absolute Gasteiger partial charge is 0.226 e. The van der Waals surface area contributed by atoms with Crippen LogP contribution < -0.4 is 5.32 Å². The highest BCUT2D eigenvalue weighted by atomic mass is 35.5. The van der Waals surface area contributed by atoms with Gasteiger partial charge in [0, 0.05) is 5.02 Å². The third kappa shape index (κ3) is 2.14. The number of fused-ring (bicyclic) bond motifs is 1. The molecule has 1 atom stereocenters. The van der Waals surface area contributed by atoms with Crippen molar-refractivity contribution in [1.82, 2.24) is 14.8 Å². The Morgan fingerprint density at radius 2 is 2.10 bits per heavy atom. The van der Waals surface area contributed by atoms with Gasteiger partial charge in [-0.2, -0.15) is 10.1 Å². The lowest BCUT2D eigenvalue weighted by molar-refractivity contribution is 0.612. The third-order valence-electron chi connectivity index (χ3n) is 3.42. The maximum Gasteiger partial charge on any atom is 0.226 e. The number of halogens is 1. The van der Waals surface area contributed by atoms with E-state index in [0.29, 0.717) is 0 Å². The topological polar surface area (TPSA) is 42.7 Å². The standard InChI is InChI=1S/C15H11ClN4S/c16-11-5-2-1-4-10(11)13-8-12(14-6-3-7-21-14)19-15-17-9-18-20(13)15/h1-9,13H,(H,17,18,19)/t13-/m0/s1. The van der Waals surface area contributed by atoms with Crippen LogP contribution in [0.3, 0.4) is 0 Å². The zero-order valence-corrected chi connectivity index (χ0v) is 12.5. The van der Waals surface area contributed by atoms with Gasteiger partial charge < -0.3 is 5.32 Å². The van der Waals surface area contributed by atoms with Gasteiger partial charge in [0.15, 0.2) is 0 Å². The van der Waals surface area contributed by atoms with Gasteiger partial charge in [0.25, 0.3) is 0 Å². The second kappa shape index (κ2) is 5.02. The molecule has 1 aliphatic rings. The maximum absolute atomic E-state index is 6.36. The van der Waals surface area contributed by atoms with Crippen LogP contribution in [0.25, 0.3) is 5.70 Å². The Morgan fingerprint density at radius 3 is 2.90 bits per heavy atom. The van der Waals surface area contributed by atoms with Gasteiger partial charge in [-0.15, -0.1) is 11.3 Å². The van der Waals surface area contributed by atoms with Crippen molar-refractivity contribution >= 4 is 34.6 Å². The predicted molar refractivity (Wildman–Crippen MR) is 85.5 cm³/mol. The van der Waals surface area contributed by atoms with Crippen LogP contribution in [0.5, 0.6) is 0 Å². The van der Waals surface area contributed by atoms with Crippen molar-refractivity contribution in [2.75, 3.05) is 5.32 Å². The van der Waals surface area contributed by atoms with Crippen LogP contribution in [0.15, 0.2) is 54.2 Å². The normalized spacial score (nSPS) is 17.0. The van der Waals surface area contributed by atoms with Crippen molar-refractivity contribution in [2.24, 2.45) is 0 Å². The Morgan fingerprint density at radius 1 is 1.19 bits per heavy atom. The molecular weight excluding hydrogens is 304 g/mol. The summed E-state index contributed by atoms with van der Waals surface area (Å²) in [4.78, 5) is 5.45. The summed E-state index contributed by atoms with van der Waals surface area (Å²) in [7, 11) is 0. The summed E-state index contributed by atoms with van der Waals surface area (Å²) >= 11 is 8.04. The van der Waals surface area contributed by atoms with Crippen LogP contribution in [0.4, 0.5) is 5.95 Å². The lowest BCUT2D eigenvalue weighted by Crippen LogP contribution is -2.20. The molecular formula is C15H11ClN4S. The van der Waals surface area contributed by atoms with Crippen molar-refractivity contribution in [3.8, 4) is 0 Å². The Bertz CT molecular complexity index is 807. The van der Waals surface area contributed by atoms with E-state index < -0.39 is 0 Å². The quantitative estimate of drug-likeness (QED) is 0.776. The number of nitrogens with zero attached hydrogens (tertiary/aromatic N) is 3. The van der Waals surface area contributed by atoms with Crippen LogP contribution in [0.2, 0.25) is 5.02 Å². The molecule has 4 nitrogen and oxygen atoms in total. The van der Waals surface area contributed by atoms with Crippen molar-refractivity contribution in [2.45, 2.75) is 6.04 Å². The van der Waals surface area contributed by atoms with Gasteiger partial charge in [0.1, 0.15) is 12.4 Å². The number of nitrogens with one attached hydrogen (secondary N) is 1. The largest absolute Gasteiger partial charge is 0.323 e. The van der Waals surface area contributed by atoms with Crippen LogP contribution in [0, 0.1) is 0 Å². The van der Waals surface area contributed by atoms with Gasteiger partial charge in [-0.3, -0.25) is 0 Å². The molecule has 3 heterocycles. The fourth-order valence-corrected chi connectivity index (χ4v) is 3.40. The number of anilines is 1. The molecule has 0 unspecified atom stereocenters. The Balaban J connectivity index is 1.87. The first-order valence-corrected chi connectivity index (χ1v) is 7.75. The van der Waals surface area contributed by atoms with E-state index in [4.69, 9.17) is 11.6 Å². The molecule has 0 spiro atoms. The van der Waals surface area contributed by atoms with Crippen molar-refractivity contribution in [1.29, 1.82) is 0 Å².